The largest absolute Gasteiger partial charge is 0.504 e. The van der Waals surface area contributed by atoms with Gasteiger partial charge in [0, 0.05) is 30.4 Å². The van der Waals surface area contributed by atoms with Gasteiger partial charge in [0.15, 0.2) is 11.5 Å². The molecule has 5 rings (SSSR count). The third kappa shape index (κ3) is 4.22. The van der Waals surface area contributed by atoms with Crippen molar-refractivity contribution in [3.8, 4) is 11.5 Å². The van der Waals surface area contributed by atoms with Crippen molar-refractivity contribution in [3.05, 3.63) is 29.8 Å². The molecule has 2 aliphatic carbocycles. The van der Waals surface area contributed by atoms with Gasteiger partial charge in [0.2, 0.25) is 0 Å². The summed E-state index contributed by atoms with van der Waals surface area (Å²) < 4.78 is 17.2. The highest BCUT2D eigenvalue weighted by molar-refractivity contribution is 5.87. The molecule has 7 heteroatoms. The Morgan fingerprint density at radius 2 is 1.89 bits per heavy atom. The first-order valence-corrected chi connectivity index (χ1v) is 13.0. The van der Waals surface area contributed by atoms with Crippen molar-refractivity contribution in [3.63, 3.8) is 0 Å². The van der Waals surface area contributed by atoms with E-state index in [4.69, 9.17) is 14.2 Å². The van der Waals surface area contributed by atoms with Gasteiger partial charge in [0.25, 0.3) is 0 Å². The van der Waals surface area contributed by atoms with Crippen LogP contribution >= 0.6 is 0 Å². The summed E-state index contributed by atoms with van der Waals surface area (Å²) in [5.41, 5.74) is 0.782. The van der Waals surface area contributed by atoms with E-state index in [0.29, 0.717) is 23.5 Å². The molecule has 7 atom stereocenters. The van der Waals surface area contributed by atoms with E-state index >= 15 is 0 Å². The molecule has 1 aromatic rings. The number of nitrogens with zero attached hydrogens (tertiary/aromatic N) is 1. The van der Waals surface area contributed by atoms with Crippen LogP contribution in [0, 0.1) is 23.7 Å². The molecule has 4 fully saturated rings. The fourth-order valence-corrected chi connectivity index (χ4v) is 7.99. The van der Waals surface area contributed by atoms with Crippen LogP contribution in [0.5, 0.6) is 11.5 Å². The zero-order chi connectivity index (χ0) is 24.7. The van der Waals surface area contributed by atoms with E-state index in [1.54, 1.807) is 24.3 Å². The molecule has 7 nitrogen and oxygen atoms in total. The average Bonchev–Trinajstić information content (AvgIpc) is 2.83. The monoisotopic (exact) mass is 483 g/mol. The van der Waals surface area contributed by atoms with E-state index in [1.807, 2.05) is 0 Å². The van der Waals surface area contributed by atoms with Crippen molar-refractivity contribution in [1.82, 2.24) is 4.90 Å². The lowest BCUT2D eigenvalue weighted by atomic mass is 9.47. The Kier molecular flexibility index (Phi) is 6.55. The number of hydrogen-bond acceptors (Lipinski definition) is 7. The predicted octanol–water partition coefficient (Wildman–Crippen LogP) is 4.18. The fourth-order valence-electron chi connectivity index (χ4n) is 7.99. The molecule has 2 heterocycles. The quantitative estimate of drug-likeness (QED) is 0.497. The Morgan fingerprint density at radius 1 is 1.14 bits per heavy atom. The summed E-state index contributed by atoms with van der Waals surface area (Å²) in [7, 11) is 1.49. The molecule has 190 valence electrons. The third-order valence-electron chi connectivity index (χ3n) is 9.05. The van der Waals surface area contributed by atoms with Gasteiger partial charge in [-0.2, -0.15) is 0 Å². The molecular weight excluding hydrogens is 446 g/mol. The van der Waals surface area contributed by atoms with Crippen LogP contribution in [-0.2, 0) is 19.1 Å². The summed E-state index contributed by atoms with van der Waals surface area (Å²) in [6.07, 6.45) is 9.12. The Labute approximate surface area is 207 Å². The minimum absolute atomic E-state index is 0.0362. The first kappa shape index (κ1) is 24.2. The summed E-state index contributed by atoms with van der Waals surface area (Å²) in [4.78, 5) is 27.6. The van der Waals surface area contributed by atoms with Crippen LogP contribution in [0.2, 0.25) is 0 Å². The van der Waals surface area contributed by atoms with Crippen molar-refractivity contribution in [1.29, 1.82) is 0 Å². The van der Waals surface area contributed by atoms with E-state index in [9.17, 15) is 14.7 Å². The van der Waals surface area contributed by atoms with Crippen molar-refractivity contribution < 1.29 is 28.9 Å². The smallest absolute Gasteiger partial charge is 0.331 e. The lowest BCUT2D eigenvalue weighted by molar-refractivity contribution is -0.234. The van der Waals surface area contributed by atoms with Crippen LogP contribution in [0.25, 0.3) is 6.08 Å². The third-order valence-corrected chi connectivity index (χ3v) is 9.05. The van der Waals surface area contributed by atoms with Gasteiger partial charge in [-0.3, -0.25) is 9.69 Å². The number of hydrogen-bond donors (Lipinski definition) is 1. The van der Waals surface area contributed by atoms with Gasteiger partial charge < -0.3 is 19.3 Å². The number of carbonyl (C=O) groups is 2. The number of piperidine rings is 2. The van der Waals surface area contributed by atoms with Crippen LogP contribution in [0.4, 0.5) is 0 Å². The summed E-state index contributed by atoms with van der Waals surface area (Å²) in [6.45, 7) is 5.93. The molecule has 0 radical (unpaired) electrons. The van der Waals surface area contributed by atoms with Gasteiger partial charge in [-0.1, -0.05) is 13.0 Å². The number of carbonyl (C=O) groups excluding carboxylic acids is 2. The van der Waals surface area contributed by atoms with Gasteiger partial charge in [0.05, 0.1) is 7.11 Å². The molecule has 1 N–H and O–H groups in total. The highest BCUT2D eigenvalue weighted by atomic mass is 16.6. The Bertz CT molecular complexity index is 1010. The Balaban J connectivity index is 1.39. The molecule has 35 heavy (non-hydrogen) atoms. The Morgan fingerprint density at radius 3 is 2.60 bits per heavy atom. The van der Waals surface area contributed by atoms with Crippen LogP contribution < -0.4 is 4.74 Å². The highest BCUT2D eigenvalue weighted by Gasteiger charge is 2.66. The second kappa shape index (κ2) is 9.49. The molecule has 2 aliphatic heterocycles. The average molecular weight is 484 g/mol. The molecule has 2 bridgehead atoms. The molecule has 0 unspecified atom stereocenters. The summed E-state index contributed by atoms with van der Waals surface area (Å²) >= 11 is 0. The van der Waals surface area contributed by atoms with Crippen molar-refractivity contribution in [2.75, 3.05) is 20.2 Å². The molecule has 0 aromatic heterocycles. The van der Waals surface area contributed by atoms with Gasteiger partial charge in [-0.05, 0) is 87.2 Å². The van der Waals surface area contributed by atoms with Gasteiger partial charge >= 0.3 is 11.9 Å². The van der Waals surface area contributed by atoms with Crippen LogP contribution in [0.15, 0.2) is 24.3 Å². The van der Waals surface area contributed by atoms with Crippen molar-refractivity contribution >= 4 is 18.0 Å². The fraction of sp³-hybridized carbons (Fsp3) is 0.643. The van der Waals surface area contributed by atoms with Crippen molar-refractivity contribution in [2.45, 2.75) is 70.1 Å². The second-order valence-corrected chi connectivity index (χ2v) is 10.9. The maximum absolute atomic E-state index is 13.0. The second-order valence-electron chi connectivity index (χ2n) is 10.9. The number of phenolic OH excluding ortho intramolecular Hbond substituents is 1. The highest BCUT2D eigenvalue weighted by Crippen LogP contribution is 2.61. The molecule has 2 saturated heterocycles. The number of ether oxygens (including phenoxy) is 3. The van der Waals surface area contributed by atoms with Crippen LogP contribution in [0.1, 0.15) is 57.9 Å². The maximum atomic E-state index is 13.0. The van der Waals surface area contributed by atoms with E-state index in [0.717, 1.165) is 50.8 Å². The molecule has 1 spiro atoms. The summed E-state index contributed by atoms with van der Waals surface area (Å²) in [6, 6.07) is 4.95. The first-order valence-electron chi connectivity index (χ1n) is 13.0. The SMILES string of the molecule is COc1cc(/C=C/C(=O)O[C@@H]2C[C@H]3[C@H](OC(C)=O)[C@@H](C)C[C@@]45[C@@H]3CCCN4CCC[C@H]25)ccc1O. The zero-order valence-electron chi connectivity index (χ0n) is 20.9. The van der Waals surface area contributed by atoms with Crippen LogP contribution in [-0.4, -0.2) is 59.9 Å². The summed E-state index contributed by atoms with van der Waals surface area (Å²) in [5.74, 6) is 1.13. The molecule has 2 saturated carbocycles. The number of rotatable bonds is 5. The molecular formula is C28H37NO6. The number of aromatic hydroxyl groups is 1. The molecule has 0 amide bonds. The van der Waals surface area contributed by atoms with Gasteiger partial charge in [-0.15, -0.1) is 0 Å². The van der Waals surface area contributed by atoms with E-state index in [-0.39, 0.29) is 41.4 Å². The van der Waals surface area contributed by atoms with Crippen molar-refractivity contribution in [2.24, 2.45) is 23.7 Å². The van der Waals surface area contributed by atoms with Gasteiger partial charge in [-0.25, -0.2) is 4.79 Å². The minimum atomic E-state index is -0.361. The molecule has 1 aromatic carbocycles. The molecule has 4 aliphatic rings. The lowest BCUT2D eigenvalue weighted by Gasteiger charge is -2.68. The predicted molar refractivity (Wildman–Crippen MR) is 131 cm³/mol. The summed E-state index contributed by atoms with van der Waals surface area (Å²) in [5, 5.41) is 9.80. The lowest BCUT2D eigenvalue weighted by Crippen LogP contribution is -2.74. The number of phenols is 1. The van der Waals surface area contributed by atoms with E-state index in [1.165, 1.54) is 26.5 Å². The normalized spacial score (nSPS) is 36.3. The maximum Gasteiger partial charge on any atom is 0.331 e. The van der Waals surface area contributed by atoms with E-state index in [2.05, 4.69) is 11.8 Å². The van der Waals surface area contributed by atoms with Crippen LogP contribution in [0.3, 0.4) is 0 Å². The number of methoxy groups -OCH3 is 1. The number of benzene rings is 1. The number of esters is 2. The zero-order valence-corrected chi connectivity index (χ0v) is 20.9. The van der Waals surface area contributed by atoms with E-state index < -0.39 is 0 Å². The minimum Gasteiger partial charge on any atom is -0.504 e. The van der Waals surface area contributed by atoms with Gasteiger partial charge in [0.1, 0.15) is 12.2 Å². The topological polar surface area (TPSA) is 85.3 Å². The first-order chi connectivity index (χ1) is 16.8. The Hall–Kier alpha value is -2.54. The standard InChI is InChI=1S/C28H37NO6/c1-17-16-28-21-6-4-12-29(28)13-5-7-22(28)24(15-20(21)27(17)34-18(2)30)35-26(32)11-9-19-8-10-23(31)25(14-19)33-3/h8-11,14,17,20-22,24,27,31H,4-7,12-13,15-16H2,1-3H3/b11-9+/t17-,20+,21+,22+,24+,27+,28-/m0/s1.